The Morgan fingerprint density at radius 2 is 2.26 bits per heavy atom. The van der Waals surface area contributed by atoms with Crippen LogP contribution in [0.25, 0.3) is 11.4 Å². The molecule has 0 unspecified atom stereocenters. The Balaban J connectivity index is 1.89. The van der Waals surface area contributed by atoms with Crippen molar-refractivity contribution in [2.45, 2.75) is 19.4 Å². The molecule has 0 radical (unpaired) electrons. The van der Waals surface area contributed by atoms with Crippen LogP contribution in [0.5, 0.6) is 5.75 Å². The molecule has 0 spiro atoms. The van der Waals surface area contributed by atoms with Gasteiger partial charge in [0.05, 0.1) is 18.7 Å². The number of rotatable bonds is 5. The van der Waals surface area contributed by atoms with Crippen LogP contribution in [0.15, 0.2) is 27.2 Å². The van der Waals surface area contributed by atoms with Gasteiger partial charge in [-0.05, 0) is 37.0 Å². The van der Waals surface area contributed by atoms with E-state index >= 15 is 0 Å². The van der Waals surface area contributed by atoms with E-state index in [4.69, 9.17) is 15.0 Å². The van der Waals surface area contributed by atoms with Gasteiger partial charge in [0.2, 0.25) is 11.7 Å². The van der Waals surface area contributed by atoms with Gasteiger partial charge in [-0.15, -0.1) is 0 Å². The Morgan fingerprint density at radius 3 is 2.95 bits per heavy atom. The van der Waals surface area contributed by atoms with Crippen LogP contribution in [0.4, 0.5) is 0 Å². The summed E-state index contributed by atoms with van der Waals surface area (Å²) in [5, 5.41) is 3.93. The van der Waals surface area contributed by atoms with Crippen LogP contribution >= 0.6 is 15.9 Å². The van der Waals surface area contributed by atoms with Gasteiger partial charge in [0.25, 0.3) is 0 Å². The van der Waals surface area contributed by atoms with Gasteiger partial charge in [0.15, 0.2) is 0 Å². The van der Waals surface area contributed by atoms with Gasteiger partial charge in [-0.1, -0.05) is 21.1 Å². The first-order valence-corrected chi connectivity index (χ1v) is 7.01. The first kappa shape index (κ1) is 12.6. The molecule has 6 heteroatoms. The summed E-state index contributed by atoms with van der Waals surface area (Å²) in [7, 11) is 0. The molecule has 1 aliphatic rings. The van der Waals surface area contributed by atoms with Gasteiger partial charge in [-0.25, -0.2) is 0 Å². The zero-order valence-electron chi connectivity index (χ0n) is 10.3. The number of hydrogen-bond acceptors (Lipinski definition) is 5. The molecule has 0 amide bonds. The Kier molecular flexibility index (Phi) is 3.52. The molecule has 1 saturated carbocycles. The second-order valence-corrected chi connectivity index (χ2v) is 5.53. The van der Waals surface area contributed by atoms with Crippen LogP contribution in [-0.4, -0.2) is 16.7 Å². The molecular weight excluding hydrogens is 310 g/mol. The topological polar surface area (TPSA) is 74.2 Å². The number of ether oxygens (including phenoxy) is 1. The van der Waals surface area contributed by atoms with Gasteiger partial charge in [0.1, 0.15) is 5.75 Å². The minimum atomic E-state index is 0.235. The van der Waals surface area contributed by atoms with E-state index in [9.17, 15) is 0 Å². The first-order chi connectivity index (χ1) is 9.26. The average Bonchev–Trinajstić information content (AvgIpc) is 3.13. The standard InChI is InChI=1S/C13H14BrN3O2/c14-9-3-4-11(18-7-8-1-2-8)10(5-9)13-16-12(6-15)19-17-13/h3-5,8H,1-2,6-7,15H2. The summed E-state index contributed by atoms with van der Waals surface area (Å²) in [6.45, 7) is 0.982. The van der Waals surface area contributed by atoms with Crippen molar-refractivity contribution in [1.82, 2.24) is 10.1 Å². The molecule has 1 fully saturated rings. The van der Waals surface area contributed by atoms with E-state index in [1.807, 2.05) is 18.2 Å². The monoisotopic (exact) mass is 323 g/mol. The minimum Gasteiger partial charge on any atom is -0.493 e. The summed E-state index contributed by atoms with van der Waals surface area (Å²) < 4.78 is 11.8. The van der Waals surface area contributed by atoms with Gasteiger partial charge in [-0.3, -0.25) is 0 Å². The number of nitrogens with two attached hydrogens (primary N) is 1. The van der Waals surface area contributed by atoms with Crippen molar-refractivity contribution in [2.75, 3.05) is 6.61 Å². The molecule has 0 aliphatic heterocycles. The number of hydrogen-bond donors (Lipinski definition) is 1. The van der Waals surface area contributed by atoms with Crippen LogP contribution in [0.2, 0.25) is 0 Å². The highest BCUT2D eigenvalue weighted by Crippen LogP contribution is 2.34. The molecule has 3 rings (SSSR count). The maximum atomic E-state index is 5.84. The number of halogens is 1. The smallest absolute Gasteiger partial charge is 0.240 e. The van der Waals surface area contributed by atoms with Crippen LogP contribution < -0.4 is 10.5 Å². The molecule has 1 heterocycles. The first-order valence-electron chi connectivity index (χ1n) is 6.21. The van der Waals surface area contributed by atoms with Gasteiger partial charge >= 0.3 is 0 Å². The second kappa shape index (κ2) is 5.30. The molecule has 5 nitrogen and oxygen atoms in total. The molecule has 100 valence electrons. The van der Waals surface area contributed by atoms with Crippen molar-refractivity contribution in [2.24, 2.45) is 11.7 Å². The lowest BCUT2D eigenvalue weighted by molar-refractivity contribution is 0.300. The molecule has 2 aromatic rings. The Morgan fingerprint density at radius 1 is 1.42 bits per heavy atom. The number of aromatic nitrogens is 2. The van der Waals surface area contributed by atoms with E-state index in [-0.39, 0.29) is 6.54 Å². The Hall–Kier alpha value is -1.40. The normalized spacial score (nSPS) is 14.6. The fourth-order valence-corrected chi connectivity index (χ4v) is 2.10. The van der Waals surface area contributed by atoms with E-state index < -0.39 is 0 Å². The molecule has 1 aliphatic carbocycles. The molecule has 0 saturated heterocycles. The largest absolute Gasteiger partial charge is 0.493 e. The highest BCUT2D eigenvalue weighted by atomic mass is 79.9. The number of benzene rings is 1. The lowest BCUT2D eigenvalue weighted by Gasteiger charge is -2.09. The van der Waals surface area contributed by atoms with E-state index in [1.54, 1.807) is 0 Å². The fourth-order valence-electron chi connectivity index (χ4n) is 1.74. The fraction of sp³-hybridized carbons (Fsp3) is 0.385. The Bertz CT molecular complexity index is 581. The second-order valence-electron chi connectivity index (χ2n) is 4.61. The van der Waals surface area contributed by atoms with Crippen LogP contribution in [0.3, 0.4) is 0 Å². The lowest BCUT2D eigenvalue weighted by Crippen LogP contribution is -2.01. The molecule has 1 aromatic carbocycles. The SMILES string of the molecule is NCc1nc(-c2cc(Br)ccc2OCC2CC2)no1. The van der Waals surface area contributed by atoms with Gasteiger partial charge in [0, 0.05) is 4.47 Å². The summed E-state index contributed by atoms with van der Waals surface area (Å²) in [5.74, 6) is 2.40. The highest BCUT2D eigenvalue weighted by molar-refractivity contribution is 9.10. The third-order valence-corrected chi connectivity index (χ3v) is 3.49. The summed E-state index contributed by atoms with van der Waals surface area (Å²) in [5.41, 5.74) is 6.30. The molecule has 1 aromatic heterocycles. The van der Waals surface area contributed by atoms with Crippen molar-refractivity contribution < 1.29 is 9.26 Å². The molecule has 0 bridgehead atoms. The van der Waals surface area contributed by atoms with Crippen molar-refractivity contribution in [1.29, 1.82) is 0 Å². The Labute approximate surface area is 119 Å². The van der Waals surface area contributed by atoms with E-state index in [0.29, 0.717) is 17.6 Å². The zero-order valence-corrected chi connectivity index (χ0v) is 11.9. The molecular formula is C13H14BrN3O2. The summed E-state index contributed by atoms with van der Waals surface area (Å²) >= 11 is 3.44. The molecule has 0 atom stereocenters. The molecule has 19 heavy (non-hydrogen) atoms. The van der Waals surface area contributed by atoms with E-state index in [1.165, 1.54) is 12.8 Å². The quantitative estimate of drug-likeness (QED) is 0.915. The van der Waals surface area contributed by atoms with Crippen LogP contribution in [-0.2, 0) is 6.54 Å². The highest BCUT2D eigenvalue weighted by Gasteiger charge is 2.23. The lowest BCUT2D eigenvalue weighted by atomic mass is 10.2. The van der Waals surface area contributed by atoms with E-state index in [2.05, 4.69) is 26.1 Å². The van der Waals surface area contributed by atoms with Crippen molar-refractivity contribution >= 4 is 15.9 Å². The maximum absolute atomic E-state index is 5.84. The summed E-state index contributed by atoms with van der Waals surface area (Å²) in [4.78, 5) is 4.24. The summed E-state index contributed by atoms with van der Waals surface area (Å²) in [6, 6.07) is 5.78. The summed E-state index contributed by atoms with van der Waals surface area (Å²) in [6.07, 6.45) is 2.51. The van der Waals surface area contributed by atoms with Crippen LogP contribution in [0, 0.1) is 5.92 Å². The van der Waals surface area contributed by atoms with Gasteiger partial charge in [-0.2, -0.15) is 4.98 Å². The number of nitrogens with zero attached hydrogens (tertiary/aromatic N) is 2. The molecule has 2 N–H and O–H groups in total. The maximum Gasteiger partial charge on any atom is 0.240 e. The average molecular weight is 324 g/mol. The van der Waals surface area contributed by atoms with Crippen molar-refractivity contribution in [3.05, 3.63) is 28.6 Å². The van der Waals surface area contributed by atoms with Crippen molar-refractivity contribution in [3.63, 3.8) is 0 Å². The minimum absolute atomic E-state index is 0.235. The third kappa shape index (κ3) is 2.96. The zero-order chi connectivity index (χ0) is 13.2. The van der Waals surface area contributed by atoms with Crippen molar-refractivity contribution in [3.8, 4) is 17.1 Å². The predicted molar refractivity (Wildman–Crippen MR) is 73.5 cm³/mol. The predicted octanol–water partition coefficient (Wildman–Crippen LogP) is 2.75. The van der Waals surface area contributed by atoms with E-state index in [0.717, 1.165) is 22.4 Å². The van der Waals surface area contributed by atoms with Gasteiger partial charge < -0.3 is 15.0 Å². The third-order valence-electron chi connectivity index (χ3n) is 3.00. The van der Waals surface area contributed by atoms with Crippen LogP contribution in [0.1, 0.15) is 18.7 Å².